The highest BCUT2D eigenvalue weighted by atomic mass is 16.4. The summed E-state index contributed by atoms with van der Waals surface area (Å²) in [5, 5.41) is 13.4. The Morgan fingerprint density at radius 1 is 1.20 bits per heavy atom. The van der Waals surface area contributed by atoms with Crippen molar-refractivity contribution in [1.29, 1.82) is 0 Å². The van der Waals surface area contributed by atoms with Crippen molar-refractivity contribution in [3.63, 3.8) is 0 Å². The Labute approximate surface area is 116 Å². The molecule has 0 atom stereocenters. The van der Waals surface area contributed by atoms with Crippen LogP contribution in [0.25, 0.3) is 6.08 Å². The van der Waals surface area contributed by atoms with Gasteiger partial charge in [0.25, 0.3) is 5.91 Å². The van der Waals surface area contributed by atoms with Crippen molar-refractivity contribution in [2.45, 2.75) is 13.3 Å². The van der Waals surface area contributed by atoms with Gasteiger partial charge in [0, 0.05) is 13.5 Å². The summed E-state index contributed by atoms with van der Waals surface area (Å²) < 4.78 is 0. The van der Waals surface area contributed by atoms with Crippen LogP contribution in [0.3, 0.4) is 0 Å². The van der Waals surface area contributed by atoms with Crippen molar-refractivity contribution in [2.24, 2.45) is 0 Å². The highest BCUT2D eigenvalue weighted by Crippen LogP contribution is 2.05. The third-order valence-electron chi connectivity index (χ3n) is 2.29. The molecule has 106 valence electrons. The molecule has 0 saturated carbocycles. The van der Waals surface area contributed by atoms with Crippen molar-refractivity contribution >= 4 is 23.9 Å². The van der Waals surface area contributed by atoms with E-state index >= 15 is 0 Å². The quantitative estimate of drug-likeness (QED) is 0.668. The minimum absolute atomic E-state index is 0.000118. The monoisotopic (exact) mass is 276 g/mol. The number of amides is 2. The maximum Gasteiger partial charge on any atom is 0.305 e. The number of nitrogens with one attached hydrogen (secondary N) is 2. The molecule has 0 unspecified atom stereocenters. The number of rotatable bonds is 6. The predicted octanol–water partition coefficient (Wildman–Crippen LogP) is 0.754. The van der Waals surface area contributed by atoms with Gasteiger partial charge in [0.1, 0.15) is 5.70 Å². The molecule has 0 heterocycles. The lowest BCUT2D eigenvalue weighted by molar-refractivity contribution is -0.137. The van der Waals surface area contributed by atoms with E-state index in [4.69, 9.17) is 5.11 Å². The van der Waals surface area contributed by atoms with Gasteiger partial charge in [0.15, 0.2) is 0 Å². The number of aliphatic carboxylic acids is 1. The fourth-order valence-corrected chi connectivity index (χ4v) is 1.44. The molecule has 0 aliphatic carbocycles. The van der Waals surface area contributed by atoms with Gasteiger partial charge in [-0.1, -0.05) is 30.3 Å². The fourth-order valence-electron chi connectivity index (χ4n) is 1.44. The van der Waals surface area contributed by atoms with Crippen LogP contribution in [-0.2, 0) is 14.4 Å². The van der Waals surface area contributed by atoms with Crippen LogP contribution < -0.4 is 10.6 Å². The number of carboxylic acid groups (broad SMARTS) is 1. The van der Waals surface area contributed by atoms with Gasteiger partial charge >= 0.3 is 5.97 Å². The van der Waals surface area contributed by atoms with Crippen LogP contribution >= 0.6 is 0 Å². The van der Waals surface area contributed by atoms with Crippen LogP contribution in [0.15, 0.2) is 36.0 Å². The molecule has 2 amide bonds. The van der Waals surface area contributed by atoms with E-state index < -0.39 is 11.9 Å². The van der Waals surface area contributed by atoms with E-state index in [2.05, 4.69) is 10.6 Å². The van der Waals surface area contributed by atoms with E-state index in [1.165, 1.54) is 13.0 Å². The molecule has 0 radical (unpaired) electrons. The summed E-state index contributed by atoms with van der Waals surface area (Å²) >= 11 is 0. The molecule has 0 aliphatic heterocycles. The number of carboxylic acids is 1. The zero-order valence-electron chi connectivity index (χ0n) is 11.1. The number of carbonyl (C=O) groups excluding carboxylic acids is 2. The molecule has 6 heteroatoms. The lowest BCUT2D eigenvalue weighted by atomic mass is 10.2. The van der Waals surface area contributed by atoms with E-state index in [0.717, 1.165) is 5.56 Å². The number of hydrogen-bond acceptors (Lipinski definition) is 3. The van der Waals surface area contributed by atoms with Crippen molar-refractivity contribution in [3.8, 4) is 0 Å². The first-order valence-corrected chi connectivity index (χ1v) is 6.03. The highest BCUT2D eigenvalue weighted by Gasteiger charge is 2.11. The molecule has 1 aromatic carbocycles. The van der Waals surface area contributed by atoms with Crippen LogP contribution in [0.5, 0.6) is 0 Å². The van der Waals surface area contributed by atoms with Gasteiger partial charge in [-0.3, -0.25) is 14.4 Å². The predicted molar refractivity (Wildman–Crippen MR) is 73.5 cm³/mol. The second kappa shape index (κ2) is 7.73. The van der Waals surface area contributed by atoms with Gasteiger partial charge in [-0.05, 0) is 11.6 Å². The highest BCUT2D eigenvalue weighted by molar-refractivity contribution is 6.00. The summed E-state index contributed by atoms with van der Waals surface area (Å²) in [6, 6.07) is 9.01. The average molecular weight is 276 g/mol. The van der Waals surface area contributed by atoms with Gasteiger partial charge in [-0.15, -0.1) is 0 Å². The molecule has 0 aromatic heterocycles. The minimum atomic E-state index is -1.00. The van der Waals surface area contributed by atoms with Gasteiger partial charge in [-0.2, -0.15) is 0 Å². The molecule has 1 aromatic rings. The summed E-state index contributed by atoms with van der Waals surface area (Å²) in [6.45, 7) is 1.29. The van der Waals surface area contributed by atoms with E-state index in [1.807, 2.05) is 6.07 Å². The summed E-state index contributed by atoms with van der Waals surface area (Å²) in [5.74, 6) is -1.90. The van der Waals surface area contributed by atoms with Crippen molar-refractivity contribution < 1.29 is 19.5 Å². The van der Waals surface area contributed by atoms with Crippen LogP contribution in [0.1, 0.15) is 18.9 Å². The average Bonchev–Trinajstić information content (AvgIpc) is 2.38. The Hall–Kier alpha value is -2.63. The Kier molecular flexibility index (Phi) is 5.96. The lowest BCUT2D eigenvalue weighted by Crippen LogP contribution is -2.34. The minimum Gasteiger partial charge on any atom is -0.481 e. The SMILES string of the molecule is CC(=O)N/C(=C\c1ccccc1)C(=O)NCCC(=O)O. The Morgan fingerprint density at radius 2 is 1.85 bits per heavy atom. The smallest absolute Gasteiger partial charge is 0.305 e. The maximum atomic E-state index is 11.9. The molecule has 0 spiro atoms. The third kappa shape index (κ3) is 5.81. The fraction of sp³-hybridized carbons (Fsp3) is 0.214. The molecule has 0 aliphatic rings. The van der Waals surface area contributed by atoms with Crippen LogP contribution in [0.2, 0.25) is 0 Å². The van der Waals surface area contributed by atoms with Gasteiger partial charge < -0.3 is 15.7 Å². The van der Waals surface area contributed by atoms with Gasteiger partial charge in [0.05, 0.1) is 6.42 Å². The summed E-state index contributed by atoms with van der Waals surface area (Å²) in [6.07, 6.45) is 1.35. The Bertz CT molecular complexity index is 523. The van der Waals surface area contributed by atoms with Crippen LogP contribution in [-0.4, -0.2) is 29.4 Å². The number of hydrogen-bond donors (Lipinski definition) is 3. The molecular formula is C14H16N2O4. The van der Waals surface area contributed by atoms with Crippen LogP contribution in [0, 0.1) is 0 Å². The topological polar surface area (TPSA) is 95.5 Å². The number of carbonyl (C=O) groups is 3. The third-order valence-corrected chi connectivity index (χ3v) is 2.29. The van der Waals surface area contributed by atoms with Crippen LogP contribution in [0.4, 0.5) is 0 Å². The van der Waals surface area contributed by atoms with E-state index in [-0.39, 0.29) is 24.6 Å². The second-order valence-corrected chi connectivity index (χ2v) is 4.05. The molecular weight excluding hydrogens is 260 g/mol. The van der Waals surface area contributed by atoms with Crippen molar-refractivity contribution in [2.75, 3.05) is 6.54 Å². The molecule has 1 rings (SSSR count). The lowest BCUT2D eigenvalue weighted by Gasteiger charge is -2.09. The maximum absolute atomic E-state index is 11.9. The van der Waals surface area contributed by atoms with Gasteiger partial charge in [0.2, 0.25) is 5.91 Å². The van der Waals surface area contributed by atoms with E-state index in [9.17, 15) is 14.4 Å². The molecule has 0 fully saturated rings. The zero-order valence-corrected chi connectivity index (χ0v) is 11.1. The standard InChI is InChI=1S/C14H16N2O4/c1-10(17)16-12(9-11-5-3-2-4-6-11)14(20)15-8-7-13(18)19/h2-6,9H,7-8H2,1H3,(H,15,20)(H,16,17)(H,18,19)/b12-9-. The largest absolute Gasteiger partial charge is 0.481 e. The Morgan fingerprint density at radius 3 is 2.40 bits per heavy atom. The molecule has 0 saturated heterocycles. The second-order valence-electron chi connectivity index (χ2n) is 4.05. The summed E-state index contributed by atoms with van der Waals surface area (Å²) in [5.41, 5.74) is 0.832. The first-order valence-electron chi connectivity index (χ1n) is 6.03. The molecule has 3 N–H and O–H groups in total. The normalized spacial score (nSPS) is 10.8. The van der Waals surface area contributed by atoms with Crippen molar-refractivity contribution in [3.05, 3.63) is 41.6 Å². The summed E-state index contributed by atoms with van der Waals surface area (Å²) in [7, 11) is 0. The number of benzene rings is 1. The first kappa shape index (κ1) is 15.4. The van der Waals surface area contributed by atoms with E-state index in [1.54, 1.807) is 24.3 Å². The Balaban J connectivity index is 2.78. The molecule has 0 bridgehead atoms. The summed E-state index contributed by atoms with van der Waals surface area (Å²) in [4.78, 5) is 33.4. The molecule has 6 nitrogen and oxygen atoms in total. The van der Waals surface area contributed by atoms with Gasteiger partial charge in [-0.25, -0.2) is 0 Å². The molecule has 20 heavy (non-hydrogen) atoms. The first-order chi connectivity index (χ1) is 9.49. The van der Waals surface area contributed by atoms with Crippen molar-refractivity contribution in [1.82, 2.24) is 10.6 Å². The zero-order chi connectivity index (χ0) is 15.0. The van der Waals surface area contributed by atoms with E-state index in [0.29, 0.717) is 0 Å².